The lowest BCUT2D eigenvalue weighted by Gasteiger charge is -2.39. The molecule has 1 aromatic carbocycles. The van der Waals surface area contributed by atoms with Gasteiger partial charge in [-0.15, -0.1) is 0 Å². The van der Waals surface area contributed by atoms with E-state index < -0.39 is 16.6 Å². The van der Waals surface area contributed by atoms with Crippen molar-refractivity contribution in [1.82, 2.24) is 0 Å². The molecule has 0 fully saturated rings. The maximum absolute atomic E-state index is 6.63. The molecular formula is C25H49NO2Si2. The molecule has 0 saturated heterocycles. The smallest absolute Gasteiger partial charge is 0.192 e. The second kappa shape index (κ2) is 10.3. The molecule has 0 radical (unpaired) electrons. The first-order chi connectivity index (χ1) is 13.5. The number of anilines is 1. The summed E-state index contributed by atoms with van der Waals surface area (Å²) in [5, 5.41) is 3.94. The van der Waals surface area contributed by atoms with Crippen molar-refractivity contribution in [3.63, 3.8) is 0 Å². The summed E-state index contributed by atoms with van der Waals surface area (Å²) in [7, 11) is -3.61. The van der Waals surface area contributed by atoms with Gasteiger partial charge in [0.1, 0.15) is 0 Å². The van der Waals surface area contributed by atoms with Gasteiger partial charge in [0, 0.05) is 31.4 Å². The predicted molar refractivity (Wildman–Crippen MR) is 139 cm³/mol. The Morgan fingerprint density at radius 3 is 1.50 bits per heavy atom. The number of benzene rings is 1. The molecule has 0 aromatic heterocycles. The molecule has 0 aliphatic rings. The molecule has 0 aliphatic heterocycles. The Labute approximate surface area is 189 Å². The molecule has 174 valence electrons. The fourth-order valence-corrected chi connectivity index (χ4v) is 4.59. The topological polar surface area (TPSA) is 30.5 Å². The van der Waals surface area contributed by atoms with Crippen LogP contribution < -0.4 is 5.32 Å². The van der Waals surface area contributed by atoms with E-state index >= 15 is 0 Å². The number of hydrogen-bond donors (Lipinski definition) is 1. The molecule has 3 nitrogen and oxygen atoms in total. The highest BCUT2D eigenvalue weighted by Crippen LogP contribution is 2.39. The Bertz CT molecular complexity index is 611. The van der Waals surface area contributed by atoms with Crippen LogP contribution in [0, 0.1) is 5.92 Å². The largest absolute Gasteiger partial charge is 0.416 e. The van der Waals surface area contributed by atoms with Gasteiger partial charge in [-0.25, -0.2) is 0 Å². The maximum Gasteiger partial charge on any atom is 0.192 e. The van der Waals surface area contributed by atoms with Crippen LogP contribution in [-0.2, 0) is 8.85 Å². The molecule has 1 aromatic rings. The second-order valence-corrected chi connectivity index (χ2v) is 21.9. The van der Waals surface area contributed by atoms with Gasteiger partial charge in [-0.3, -0.25) is 0 Å². The van der Waals surface area contributed by atoms with Crippen molar-refractivity contribution >= 4 is 22.3 Å². The third kappa shape index (κ3) is 8.14. The predicted octanol–water partition coefficient (Wildman–Crippen LogP) is 7.88. The van der Waals surface area contributed by atoms with Gasteiger partial charge < -0.3 is 14.2 Å². The first-order valence-corrected chi connectivity index (χ1v) is 17.4. The number of rotatable bonds is 10. The summed E-state index contributed by atoms with van der Waals surface area (Å²) in [4.78, 5) is 0. The Hall–Kier alpha value is -0.626. The minimum atomic E-state index is -1.80. The Kier molecular flexibility index (Phi) is 9.43. The minimum absolute atomic E-state index is 0.211. The molecule has 1 N–H and O–H groups in total. The van der Waals surface area contributed by atoms with Crippen LogP contribution in [-0.4, -0.2) is 36.4 Å². The van der Waals surface area contributed by atoms with Crippen molar-refractivity contribution < 1.29 is 8.85 Å². The molecule has 0 spiro atoms. The lowest BCUT2D eigenvalue weighted by atomic mass is 10.0. The van der Waals surface area contributed by atoms with Gasteiger partial charge in [-0.2, -0.15) is 0 Å². The van der Waals surface area contributed by atoms with Gasteiger partial charge in [0.15, 0.2) is 16.6 Å². The zero-order valence-electron chi connectivity index (χ0n) is 21.9. The summed E-state index contributed by atoms with van der Waals surface area (Å²) in [5.74, 6) is 0.890. The van der Waals surface area contributed by atoms with E-state index in [9.17, 15) is 0 Å². The Morgan fingerprint density at radius 2 is 1.17 bits per heavy atom. The fourth-order valence-electron chi connectivity index (χ4n) is 2.49. The molecule has 0 bridgehead atoms. The van der Waals surface area contributed by atoms with Crippen molar-refractivity contribution in [1.29, 1.82) is 0 Å². The zero-order valence-corrected chi connectivity index (χ0v) is 23.9. The molecule has 5 heteroatoms. The summed E-state index contributed by atoms with van der Waals surface area (Å²) in [6.07, 6.45) is 0. The summed E-state index contributed by atoms with van der Waals surface area (Å²) in [5.41, 5.74) is 2.49. The SMILES string of the molecule is CC(C)CNc1ccc(C(CO[Si](C)(C)C(C)(C)C)CO[Si](C)(C)C(C)(C)C)cc1. The minimum Gasteiger partial charge on any atom is -0.416 e. The summed E-state index contributed by atoms with van der Waals surface area (Å²) in [6.45, 7) is 30.0. The monoisotopic (exact) mass is 451 g/mol. The van der Waals surface area contributed by atoms with Crippen LogP contribution in [0.5, 0.6) is 0 Å². The van der Waals surface area contributed by atoms with E-state index in [0.717, 1.165) is 19.8 Å². The van der Waals surface area contributed by atoms with E-state index in [2.05, 4.69) is 111 Å². The average Bonchev–Trinajstić information content (AvgIpc) is 2.58. The maximum atomic E-state index is 6.63. The lowest BCUT2D eigenvalue weighted by molar-refractivity contribution is 0.196. The average molecular weight is 452 g/mol. The second-order valence-electron chi connectivity index (χ2n) is 12.2. The third-order valence-electron chi connectivity index (χ3n) is 7.00. The van der Waals surface area contributed by atoms with Crippen LogP contribution in [0.25, 0.3) is 0 Å². The molecule has 1 rings (SSSR count). The van der Waals surface area contributed by atoms with Crippen LogP contribution in [0.2, 0.25) is 36.3 Å². The van der Waals surface area contributed by atoms with E-state index in [-0.39, 0.29) is 16.0 Å². The van der Waals surface area contributed by atoms with E-state index in [1.54, 1.807) is 0 Å². The van der Waals surface area contributed by atoms with Crippen LogP contribution in [0.4, 0.5) is 5.69 Å². The van der Waals surface area contributed by atoms with E-state index in [0.29, 0.717) is 5.92 Å². The molecule has 0 amide bonds. The van der Waals surface area contributed by atoms with Gasteiger partial charge in [0.25, 0.3) is 0 Å². The highest BCUT2D eigenvalue weighted by Gasteiger charge is 2.39. The Balaban J connectivity index is 2.99. The van der Waals surface area contributed by atoms with Crippen LogP contribution in [0.1, 0.15) is 66.9 Å². The van der Waals surface area contributed by atoms with Gasteiger partial charge in [-0.05, 0) is 59.9 Å². The highest BCUT2D eigenvalue weighted by atomic mass is 28.4. The van der Waals surface area contributed by atoms with Crippen molar-refractivity contribution in [3.05, 3.63) is 29.8 Å². The molecule has 0 heterocycles. The van der Waals surface area contributed by atoms with Crippen molar-refractivity contribution in [2.45, 2.75) is 97.6 Å². The summed E-state index contributed by atoms with van der Waals surface area (Å²) in [6, 6.07) is 8.89. The van der Waals surface area contributed by atoms with Gasteiger partial charge in [0.2, 0.25) is 0 Å². The lowest BCUT2D eigenvalue weighted by Crippen LogP contribution is -2.44. The van der Waals surface area contributed by atoms with Gasteiger partial charge in [0.05, 0.1) is 0 Å². The van der Waals surface area contributed by atoms with E-state index in [1.807, 2.05) is 0 Å². The van der Waals surface area contributed by atoms with Crippen LogP contribution >= 0.6 is 0 Å². The molecule has 0 saturated carbocycles. The highest BCUT2D eigenvalue weighted by molar-refractivity contribution is 6.74. The first-order valence-electron chi connectivity index (χ1n) is 11.6. The first kappa shape index (κ1) is 27.4. The molecular weight excluding hydrogens is 402 g/mol. The summed E-state index contributed by atoms with van der Waals surface area (Å²) < 4.78 is 13.3. The molecule has 0 unspecified atom stereocenters. The molecule has 0 aliphatic carbocycles. The Morgan fingerprint density at radius 1 is 0.767 bits per heavy atom. The van der Waals surface area contributed by atoms with Crippen molar-refractivity contribution in [2.24, 2.45) is 5.92 Å². The standard InChI is InChI=1S/C25H49NO2Si2/c1-20(2)17-26-23-15-13-21(14-16-23)22(18-27-29(9,10)24(3,4)5)19-28-30(11,12)25(6,7)8/h13-16,20,22,26H,17-19H2,1-12H3. The van der Waals surface area contributed by atoms with Gasteiger partial charge >= 0.3 is 0 Å². The summed E-state index contributed by atoms with van der Waals surface area (Å²) >= 11 is 0. The van der Waals surface area contributed by atoms with E-state index in [4.69, 9.17) is 8.85 Å². The zero-order chi connectivity index (χ0) is 23.4. The molecule has 30 heavy (non-hydrogen) atoms. The quantitative estimate of drug-likeness (QED) is 0.367. The fraction of sp³-hybridized carbons (Fsp3) is 0.760. The van der Waals surface area contributed by atoms with Gasteiger partial charge in [-0.1, -0.05) is 67.5 Å². The normalized spacial score (nSPS) is 13.9. The third-order valence-corrected chi connectivity index (χ3v) is 16.0. The number of nitrogens with one attached hydrogen (secondary N) is 1. The van der Waals surface area contributed by atoms with Crippen molar-refractivity contribution in [2.75, 3.05) is 25.1 Å². The van der Waals surface area contributed by atoms with Crippen LogP contribution in [0.3, 0.4) is 0 Å². The van der Waals surface area contributed by atoms with Crippen molar-refractivity contribution in [3.8, 4) is 0 Å². The van der Waals surface area contributed by atoms with E-state index in [1.165, 1.54) is 11.3 Å². The molecule has 0 atom stereocenters. The van der Waals surface area contributed by atoms with Crippen LogP contribution in [0.15, 0.2) is 24.3 Å². The number of hydrogen-bond acceptors (Lipinski definition) is 3.